The fourth-order valence-electron chi connectivity index (χ4n) is 4.62. The van der Waals surface area contributed by atoms with Gasteiger partial charge in [0.05, 0.1) is 25.3 Å². The van der Waals surface area contributed by atoms with Crippen LogP contribution in [0.2, 0.25) is 5.02 Å². The van der Waals surface area contributed by atoms with Crippen molar-refractivity contribution < 1.29 is 24.2 Å². The number of rotatable bonds is 11. The Labute approximate surface area is 228 Å². The normalized spacial score (nSPS) is 16.6. The van der Waals surface area contributed by atoms with Crippen LogP contribution in [0, 0.1) is 0 Å². The minimum atomic E-state index is -0.794. The summed E-state index contributed by atoms with van der Waals surface area (Å²) in [6, 6.07) is 20.9. The monoisotopic (exact) mass is 533 g/mol. The Morgan fingerprint density at radius 2 is 1.71 bits per heavy atom. The number of halogens is 1. The molecule has 1 aliphatic heterocycles. The van der Waals surface area contributed by atoms with Crippen molar-refractivity contribution in [2.24, 2.45) is 0 Å². The summed E-state index contributed by atoms with van der Waals surface area (Å²) in [4.78, 5) is 28.1. The number of carbonyl (C=O) groups is 2. The maximum absolute atomic E-state index is 13.3. The number of hydrogen-bond donors (Lipinski definition) is 1. The number of Topliss-reactive ketones (excluding diaryl/α,β-unsaturated/α-hetero) is 1. The van der Waals surface area contributed by atoms with Crippen LogP contribution >= 0.6 is 11.6 Å². The van der Waals surface area contributed by atoms with Crippen LogP contribution in [-0.4, -0.2) is 42.0 Å². The molecular formula is C31H32ClNO5. The van der Waals surface area contributed by atoms with Gasteiger partial charge in [-0.1, -0.05) is 67.8 Å². The highest BCUT2D eigenvalue weighted by atomic mass is 35.5. The molecule has 0 bridgehead atoms. The Morgan fingerprint density at radius 1 is 0.974 bits per heavy atom. The van der Waals surface area contributed by atoms with E-state index in [-0.39, 0.29) is 11.3 Å². The van der Waals surface area contributed by atoms with Gasteiger partial charge in [-0.2, -0.15) is 0 Å². The highest BCUT2D eigenvalue weighted by Gasteiger charge is 2.46. The first-order valence-electron chi connectivity index (χ1n) is 12.8. The minimum Gasteiger partial charge on any atom is -0.507 e. The lowest BCUT2D eigenvalue weighted by molar-refractivity contribution is -0.139. The van der Waals surface area contributed by atoms with E-state index in [0.29, 0.717) is 47.2 Å². The number of benzene rings is 3. The second-order valence-electron chi connectivity index (χ2n) is 9.20. The van der Waals surface area contributed by atoms with Crippen LogP contribution < -0.4 is 9.47 Å². The van der Waals surface area contributed by atoms with Gasteiger partial charge in [0.2, 0.25) is 0 Å². The van der Waals surface area contributed by atoms with Crippen molar-refractivity contribution in [1.29, 1.82) is 0 Å². The number of unbranched alkanes of at least 4 members (excludes halogenated alkanes) is 2. The number of carbonyl (C=O) groups excluding carboxylic acids is 2. The summed E-state index contributed by atoms with van der Waals surface area (Å²) < 4.78 is 11.5. The smallest absolute Gasteiger partial charge is 0.295 e. The van der Waals surface area contributed by atoms with Crippen LogP contribution in [0.15, 0.2) is 78.4 Å². The maximum atomic E-state index is 13.3. The second kappa shape index (κ2) is 12.7. The van der Waals surface area contributed by atoms with Gasteiger partial charge in [-0.15, -0.1) is 0 Å². The molecule has 38 heavy (non-hydrogen) atoms. The molecule has 0 radical (unpaired) electrons. The number of hydrogen-bond acceptors (Lipinski definition) is 5. The Bertz CT molecular complexity index is 1300. The molecular weight excluding hydrogens is 502 g/mol. The van der Waals surface area contributed by atoms with E-state index in [1.807, 2.05) is 36.4 Å². The number of amides is 1. The Morgan fingerprint density at radius 3 is 2.39 bits per heavy atom. The first-order valence-corrected chi connectivity index (χ1v) is 13.2. The fraction of sp³-hybridized carbons (Fsp3) is 0.290. The number of likely N-dealkylation sites (tertiary alicyclic amines) is 1. The van der Waals surface area contributed by atoms with Gasteiger partial charge < -0.3 is 19.5 Å². The van der Waals surface area contributed by atoms with E-state index in [1.165, 1.54) is 4.90 Å². The number of methoxy groups -OCH3 is 1. The lowest BCUT2D eigenvalue weighted by Crippen LogP contribution is -2.31. The molecule has 0 aromatic heterocycles. The molecule has 4 rings (SSSR count). The van der Waals surface area contributed by atoms with Gasteiger partial charge in [0.15, 0.2) is 11.5 Å². The standard InChI is InChI=1S/C31H32ClNO5/c1-3-4-8-19-38-25-16-13-23(20-26(25)37-2)28-27(29(34)22-11-14-24(32)15-12-22)30(35)31(36)33(28)18-17-21-9-6-5-7-10-21/h5-7,9-16,20,28,34H,3-4,8,17-19H2,1-2H3. The molecule has 1 fully saturated rings. The SMILES string of the molecule is CCCCCOc1ccc(C2C(=C(O)c3ccc(Cl)cc3)C(=O)C(=O)N2CCc2ccccc2)cc1OC. The third-order valence-corrected chi connectivity index (χ3v) is 6.90. The van der Waals surface area contributed by atoms with E-state index < -0.39 is 17.7 Å². The number of aliphatic hydroxyl groups is 1. The summed E-state index contributed by atoms with van der Waals surface area (Å²) in [7, 11) is 1.55. The summed E-state index contributed by atoms with van der Waals surface area (Å²) in [6.45, 7) is 3.00. The molecule has 1 aliphatic rings. The van der Waals surface area contributed by atoms with Crippen molar-refractivity contribution in [3.8, 4) is 11.5 Å². The average molecular weight is 534 g/mol. The molecule has 1 saturated heterocycles. The summed E-state index contributed by atoms with van der Waals surface area (Å²) in [5.41, 5.74) is 2.12. The molecule has 1 atom stereocenters. The number of nitrogens with zero attached hydrogens (tertiary/aromatic N) is 1. The third-order valence-electron chi connectivity index (χ3n) is 6.65. The van der Waals surface area contributed by atoms with E-state index in [0.717, 1.165) is 24.8 Å². The molecule has 1 N–H and O–H groups in total. The van der Waals surface area contributed by atoms with Gasteiger partial charge in [0.25, 0.3) is 11.7 Å². The van der Waals surface area contributed by atoms with Crippen LogP contribution in [0.25, 0.3) is 5.76 Å². The van der Waals surface area contributed by atoms with E-state index in [2.05, 4.69) is 6.92 Å². The van der Waals surface area contributed by atoms with Crippen LogP contribution in [-0.2, 0) is 16.0 Å². The topological polar surface area (TPSA) is 76.1 Å². The molecule has 1 heterocycles. The third kappa shape index (κ3) is 6.03. The Hall–Kier alpha value is -3.77. The summed E-state index contributed by atoms with van der Waals surface area (Å²) in [5, 5.41) is 11.8. The van der Waals surface area contributed by atoms with E-state index in [9.17, 15) is 14.7 Å². The van der Waals surface area contributed by atoms with Crippen LogP contribution in [0.1, 0.15) is 48.9 Å². The Balaban J connectivity index is 1.74. The molecule has 6 nitrogen and oxygen atoms in total. The average Bonchev–Trinajstić information content (AvgIpc) is 3.19. The van der Waals surface area contributed by atoms with Crippen molar-refractivity contribution in [1.82, 2.24) is 4.90 Å². The van der Waals surface area contributed by atoms with Crippen LogP contribution in [0.3, 0.4) is 0 Å². The van der Waals surface area contributed by atoms with Gasteiger partial charge in [-0.3, -0.25) is 9.59 Å². The summed E-state index contributed by atoms with van der Waals surface area (Å²) in [6.07, 6.45) is 3.65. The van der Waals surface area contributed by atoms with E-state index >= 15 is 0 Å². The van der Waals surface area contributed by atoms with Crippen molar-refractivity contribution >= 4 is 29.1 Å². The fourth-order valence-corrected chi connectivity index (χ4v) is 4.75. The highest BCUT2D eigenvalue weighted by molar-refractivity contribution is 6.46. The molecule has 3 aromatic rings. The largest absolute Gasteiger partial charge is 0.507 e. The zero-order valence-corrected chi connectivity index (χ0v) is 22.4. The lowest BCUT2D eigenvalue weighted by atomic mass is 9.95. The molecule has 1 amide bonds. The van der Waals surface area contributed by atoms with Crippen molar-refractivity contribution in [2.75, 3.05) is 20.3 Å². The number of ether oxygens (including phenoxy) is 2. The molecule has 0 saturated carbocycles. The van der Waals surface area contributed by atoms with Crippen molar-refractivity contribution in [3.63, 3.8) is 0 Å². The van der Waals surface area contributed by atoms with Crippen molar-refractivity contribution in [2.45, 2.75) is 38.6 Å². The number of aliphatic hydroxyl groups excluding tert-OH is 1. The highest BCUT2D eigenvalue weighted by Crippen LogP contribution is 2.42. The van der Waals surface area contributed by atoms with Crippen molar-refractivity contribution in [3.05, 3.63) is 100 Å². The Kier molecular flexibility index (Phi) is 9.08. The molecule has 0 spiro atoms. The molecule has 198 valence electrons. The number of ketones is 1. The van der Waals surface area contributed by atoms with Gasteiger partial charge in [0, 0.05) is 17.1 Å². The predicted molar refractivity (Wildman–Crippen MR) is 149 cm³/mol. The summed E-state index contributed by atoms with van der Waals surface area (Å²) in [5.74, 6) is -0.536. The van der Waals surface area contributed by atoms with Crippen LogP contribution in [0.5, 0.6) is 11.5 Å². The predicted octanol–water partition coefficient (Wildman–Crippen LogP) is 6.58. The minimum absolute atomic E-state index is 0.0315. The quantitative estimate of drug-likeness (QED) is 0.130. The molecule has 7 heteroatoms. The second-order valence-corrected chi connectivity index (χ2v) is 9.64. The zero-order valence-electron chi connectivity index (χ0n) is 21.7. The van der Waals surface area contributed by atoms with Gasteiger partial charge in [0.1, 0.15) is 5.76 Å². The molecule has 3 aromatic carbocycles. The van der Waals surface area contributed by atoms with Gasteiger partial charge in [-0.25, -0.2) is 0 Å². The summed E-state index contributed by atoms with van der Waals surface area (Å²) >= 11 is 6.02. The lowest BCUT2D eigenvalue weighted by Gasteiger charge is -2.26. The molecule has 0 aliphatic carbocycles. The maximum Gasteiger partial charge on any atom is 0.295 e. The van der Waals surface area contributed by atoms with Crippen LogP contribution in [0.4, 0.5) is 0 Å². The zero-order chi connectivity index (χ0) is 27.1. The first-order chi connectivity index (χ1) is 18.4. The van der Waals surface area contributed by atoms with Gasteiger partial charge >= 0.3 is 0 Å². The molecule has 1 unspecified atom stereocenters. The van der Waals surface area contributed by atoms with Gasteiger partial charge in [-0.05, 0) is 60.4 Å². The first kappa shape index (κ1) is 27.3. The van der Waals surface area contributed by atoms with E-state index in [4.69, 9.17) is 21.1 Å². The van der Waals surface area contributed by atoms with E-state index in [1.54, 1.807) is 43.5 Å².